The van der Waals surface area contributed by atoms with E-state index in [4.69, 9.17) is 4.74 Å². The summed E-state index contributed by atoms with van der Waals surface area (Å²) < 4.78 is 33.1. The maximum absolute atomic E-state index is 13.1. The van der Waals surface area contributed by atoms with Gasteiger partial charge < -0.3 is 15.0 Å². The van der Waals surface area contributed by atoms with Crippen LogP contribution < -0.4 is 10.2 Å². The zero-order chi connectivity index (χ0) is 20.8. The van der Waals surface area contributed by atoms with Crippen molar-refractivity contribution in [3.05, 3.63) is 54.1 Å². The van der Waals surface area contributed by atoms with E-state index in [1.807, 2.05) is 18.2 Å². The lowest BCUT2D eigenvalue weighted by atomic mass is 10.1. The van der Waals surface area contributed by atoms with Gasteiger partial charge in [0.05, 0.1) is 29.5 Å². The molecule has 0 spiro atoms. The van der Waals surface area contributed by atoms with Crippen LogP contribution in [-0.2, 0) is 21.2 Å². The number of benzene rings is 2. The lowest BCUT2D eigenvalue weighted by molar-refractivity contribution is 0.0730. The third-order valence-electron chi connectivity index (χ3n) is 5.82. The van der Waals surface area contributed by atoms with Crippen LogP contribution in [0.2, 0.25) is 0 Å². The maximum atomic E-state index is 13.1. The highest BCUT2D eigenvalue weighted by molar-refractivity contribution is 7.89. The fourth-order valence-electron chi connectivity index (χ4n) is 4.15. The van der Waals surface area contributed by atoms with Crippen LogP contribution in [0.3, 0.4) is 0 Å². The Kier molecular flexibility index (Phi) is 6.92. The van der Waals surface area contributed by atoms with Crippen LogP contribution in [0.5, 0.6) is 0 Å². The van der Waals surface area contributed by atoms with E-state index in [1.54, 1.807) is 6.07 Å². The van der Waals surface area contributed by atoms with Gasteiger partial charge in [0.25, 0.3) is 0 Å². The predicted octanol–water partition coefficient (Wildman–Crippen LogP) is 3.35. The van der Waals surface area contributed by atoms with Gasteiger partial charge in [-0.05, 0) is 49.4 Å². The second kappa shape index (κ2) is 9.81. The Balaban J connectivity index is 1.50. The minimum absolute atomic E-state index is 0.359. The topological polar surface area (TPSA) is 61.9 Å². The van der Waals surface area contributed by atoms with Gasteiger partial charge in [-0.25, -0.2) is 8.42 Å². The van der Waals surface area contributed by atoms with Crippen LogP contribution in [0.25, 0.3) is 0 Å². The number of rotatable bonds is 8. The molecule has 7 heteroatoms. The van der Waals surface area contributed by atoms with Crippen molar-refractivity contribution >= 4 is 21.4 Å². The van der Waals surface area contributed by atoms with Gasteiger partial charge in [-0.1, -0.05) is 30.3 Å². The van der Waals surface area contributed by atoms with Crippen LogP contribution in [0.1, 0.15) is 24.8 Å². The molecule has 0 amide bonds. The van der Waals surface area contributed by atoms with E-state index in [-0.39, 0.29) is 0 Å². The number of morpholine rings is 1. The summed E-state index contributed by atoms with van der Waals surface area (Å²) in [5.74, 6) is 0. The lowest BCUT2D eigenvalue weighted by Gasteiger charge is -2.27. The molecule has 0 unspecified atom stereocenters. The van der Waals surface area contributed by atoms with Crippen LogP contribution in [0, 0.1) is 0 Å². The third-order valence-corrected chi connectivity index (χ3v) is 7.72. The van der Waals surface area contributed by atoms with Gasteiger partial charge in [-0.2, -0.15) is 4.31 Å². The molecule has 2 fully saturated rings. The van der Waals surface area contributed by atoms with Gasteiger partial charge in [0.15, 0.2) is 0 Å². The smallest absolute Gasteiger partial charge is 0.243 e. The highest BCUT2D eigenvalue weighted by Gasteiger charge is 2.27. The predicted molar refractivity (Wildman–Crippen MR) is 121 cm³/mol. The summed E-state index contributed by atoms with van der Waals surface area (Å²) >= 11 is 0. The molecule has 2 aromatic rings. The second-order valence-corrected chi connectivity index (χ2v) is 9.84. The van der Waals surface area contributed by atoms with Gasteiger partial charge in [0.1, 0.15) is 0 Å². The Bertz CT molecular complexity index is 922. The molecular formula is C23H31N3O3S. The summed E-state index contributed by atoms with van der Waals surface area (Å²) in [6.07, 6.45) is 4.35. The number of nitrogens with zero attached hydrogens (tertiary/aromatic N) is 2. The van der Waals surface area contributed by atoms with E-state index < -0.39 is 10.0 Å². The summed E-state index contributed by atoms with van der Waals surface area (Å²) in [7, 11) is -3.50. The molecule has 0 aromatic heterocycles. The van der Waals surface area contributed by atoms with E-state index in [9.17, 15) is 8.42 Å². The summed E-state index contributed by atoms with van der Waals surface area (Å²) in [5, 5.41) is 3.53. The number of aryl methyl sites for hydroxylation is 1. The number of hydrogen-bond donors (Lipinski definition) is 1. The van der Waals surface area contributed by atoms with Crippen molar-refractivity contribution in [3.8, 4) is 0 Å². The average Bonchev–Trinajstić information content (AvgIpc) is 3.33. The minimum atomic E-state index is -3.50. The molecule has 6 nitrogen and oxygen atoms in total. The summed E-state index contributed by atoms with van der Waals surface area (Å²) in [5.41, 5.74) is 3.34. The van der Waals surface area contributed by atoms with Gasteiger partial charge in [-0.3, -0.25) is 0 Å². The van der Waals surface area contributed by atoms with Crippen molar-refractivity contribution in [1.82, 2.24) is 4.31 Å². The van der Waals surface area contributed by atoms with Crippen molar-refractivity contribution in [1.29, 1.82) is 0 Å². The molecule has 0 radical (unpaired) electrons. The SMILES string of the molecule is O=S(=O)(c1ccc(N2CCCC2)c(NCCCc2ccccc2)c1)N1CCOCC1. The first kappa shape index (κ1) is 21.2. The second-order valence-electron chi connectivity index (χ2n) is 7.91. The average molecular weight is 430 g/mol. The Morgan fingerprint density at radius 3 is 2.40 bits per heavy atom. The molecule has 30 heavy (non-hydrogen) atoms. The van der Waals surface area contributed by atoms with Crippen LogP contribution in [-0.4, -0.2) is 58.7 Å². The van der Waals surface area contributed by atoms with E-state index in [1.165, 1.54) is 22.7 Å². The van der Waals surface area contributed by atoms with Gasteiger partial charge in [0, 0.05) is 32.7 Å². The number of sulfonamides is 1. The van der Waals surface area contributed by atoms with Gasteiger partial charge >= 0.3 is 0 Å². The van der Waals surface area contributed by atoms with Gasteiger partial charge in [-0.15, -0.1) is 0 Å². The highest BCUT2D eigenvalue weighted by atomic mass is 32.2. The zero-order valence-corrected chi connectivity index (χ0v) is 18.2. The normalized spacial score (nSPS) is 17.9. The number of anilines is 2. The summed E-state index contributed by atoms with van der Waals surface area (Å²) in [6, 6.07) is 16.0. The molecule has 4 rings (SSSR count). The molecule has 2 aromatic carbocycles. The zero-order valence-electron chi connectivity index (χ0n) is 17.4. The highest BCUT2D eigenvalue weighted by Crippen LogP contribution is 2.32. The first-order valence-corrected chi connectivity index (χ1v) is 12.3. The molecule has 0 atom stereocenters. The molecule has 0 aliphatic carbocycles. The minimum Gasteiger partial charge on any atom is -0.383 e. The molecule has 2 heterocycles. The van der Waals surface area contributed by atoms with Crippen molar-refractivity contribution in [2.45, 2.75) is 30.6 Å². The van der Waals surface area contributed by atoms with Crippen LogP contribution in [0.4, 0.5) is 11.4 Å². The van der Waals surface area contributed by atoms with Crippen molar-refractivity contribution in [3.63, 3.8) is 0 Å². The van der Waals surface area contributed by atoms with Crippen LogP contribution >= 0.6 is 0 Å². The maximum Gasteiger partial charge on any atom is 0.243 e. The summed E-state index contributed by atoms with van der Waals surface area (Å²) in [6.45, 7) is 4.58. The van der Waals surface area contributed by atoms with E-state index in [0.717, 1.165) is 43.9 Å². The number of ether oxygens (including phenoxy) is 1. The Labute approximate surface area is 179 Å². The fourth-order valence-corrected chi connectivity index (χ4v) is 5.58. The largest absolute Gasteiger partial charge is 0.383 e. The standard InChI is InChI=1S/C23H31N3O3S/c27-30(28,26-15-17-29-18-16-26)21-10-11-23(25-13-4-5-14-25)22(19-21)24-12-6-9-20-7-2-1-3-8-20/h1-3,7-8,10-11,19,24H,4-6,9,12-18H2. The molecule has 1 N–H and O–H groups in total. The molecule has 162 valence electrons. The van der Waals surface area contributed by atoms with Gasteiger partial charge in [0.2, 0.25) is 10.0 Å². The first-order chi connectivity index (χ1) is 14.6. The monoisotopic (exact) mass is 429 g/mol. The van der Waals surface area contributed by atoms with Crippen molar-refractivity contribution in [2.75, 3.05) is 56.2 Å². The molecule has 2 saturated heterocycles. The lowest BCUT2D eigenvalue weighted by Crippen LogP contribution is -2.40. The van der Waals surface area contributed by atoms with E-state index in [2.05, 4.69) is 34.5 Å². The molecule has 2 aliphatic heterocycles. The molecule has 0 saturated carbocycles. The Morgan fingerprint density at radius 2 is 1.67 bits per heavy atom. The fraction of sp³-hybridized carbons (Fsp3) is 0.478. The first-order valence-electron chi connectivity index (χ1n) is 10.9. The number of nitrogens with one attached hydrogen (secondary N) is 1. The van der Waals surface area contributed by atoms with Crippen molar-refractivity contribution in [2.24, 2.45) is 0 Å². The summed E-state index contributed by atoms with van der Waals surface area (Å²) in [4.78, 5) is 2.71. The Hall–Kier alpha value is -2.09. The third kappa shape index (κ3) is 4.96. The molecule has 0 bridgehead atoms. The van der Waals surface area contributed by atoms with E-state index >= 15 is 0 Å². The number of hydrogen-bond acceptors (Lipinski definition) is 5. The van der Waals surface area contributed by atoms with Crippen molar-refractivity contribution < 1.29 is 13.2 Å². The quantitative estimate of drug-likeness (QED) is 0.652. The van der Waals surface area contributed by atoms with E-state index in [0.29, 0.717) is 31.2 Å². The molecular weight excluding hydrogens is 398 g/mol. The molecule has 2 aliphatic rings. The Morgan fingerprint density at radius 1 is 0.933 bits per heavy atom. The van der Waals surface area contributed by atoms with Crippen LogP contribution in [0.15, 0.2) is 53.4 Å².